The van der Waals surface area contributed by atoms with Gasteiger partial charge in [-0.1, -0.05) is 24.1 Å². The Morgan fingerprint density at radius 2 is 2.03 bits per heavy atom. The van der Waals surface area contributed by atoms with E-state index in [0.717, 1.165) is 18.4 Å². The van der Waals surface area contributed by atoms with Gasteiger partial charge in [0.15, 0.2) is 5.71 Å². The molecule has 8 nitrogen and oxygen atoms in total. The zero-order valence-electron chi connectivity index (χ0n) is 15.3. The number of rotatable bonds is 2. The summed E-state index contributed by atoms with van der Waals surface area (Å²) in [7, 11) is 0. The highest BCUT2D eigenvalue weighted by Crippen LogP contribution is 2.26. The van der Waals surface area contributed by atoms with Crippen LogP contribution in [0.15, 0.2) is 55.8 Å². The number of H-pyrrole nitrogens is 2. The van der Waals surface area contributed by atoms with Crippen LogP contribution in [0.1, 0.15) is 24.1 Å². The Labute approximate surface area is 165 Å². The van der Waals surface area contributed by atoms with Gasteiger partial charge in [0.1, 0.15) is 11.9 Å². The number of nitrogens with one attached hydrogen (secondary N) is 2. The van der Waals surface area contributed by atoms with Crippen LogP contribution in [0.3, 0.4) is 0 Å². The van der Waals surface area contributed by atoms with Gasteiger partial charge in [0.2, 0.25) is 23.6 Å². The molecule has 1 fully saturated rings. The van der Waals surface area contributed by atoms with Gasteiger partial charge in [-0.15, -0.1) is 0 Å². The van der Waals surface area contributed by atoms with Gasteiger partial charge in [0, 0.05) is 11.6 Å². The maximum atomic E-state index is 11.4. The molecule has 0 saturated heterocycles. The molecule has 1 aliphatic carbocycles. The van der Waals surface area contributed by atoms with E-state index in [2.05, 4.69) is 31.8 Å². The van der Waals surface area contributed by atoms with Crippen molar-refractivity contribution in [1.29, 1.82) is 0 Å². The summed E-state index contributed by atoms with van der Waals surface area (Å²) in [5, 5.41) is 9.85. The molecule has 29 heavy (non-hydrogen) atoms. The summed E-state index contributed by atoms with van der Waals surface area (Å²) in [5.41, 5.74) is 1.97. The largest absolute Gasteiger partial charge is 0.493 e. The second-order valence-electron chi connectivity index (χ2n) is 6.93. The van der Waals surface area contributed by atoms with E-state index in [-0.39, 0.29) is 17.7 Å². The SMILES string of the molecule is O=c1[nH]c(O)c(/C=C2\C=NC3C(=NC4CC4)N=C(C#Cc4ccccc4)C=[N+]23)[nH]1. The van der Waals surface area contributed by atoms with Crippen molar-refractivity contribution in [1.82, 2.24) is 9.97 Å². The summed E-state index contributed by atoms with van der Waals surface area (Å²) in [4.78, 5) is 30.1. The van der Waals surface area contributed by atoms with Gasteiger partial charge >= 0.3 is 11.9 Å². The quantitative estimate of drug-likeness (QED) is 0.535. The Bertz CT molecular complexity index is 1240. The monoisotopic (exact) mass is 385 g/mol. The van der Waals surface area contributed by atoms with E-state index in [9.17, 15) is 9.90 Å². The van der Waals surface area contributed by atoms with E-state index >= 15 is 0 Å². The van der Waals surface area contributed by atoms with Crippen LogP contribution in [-0.4, -0.2) is 55.8 Å². The molecule has 142 valence electrons. The Morgan fingerprint density at radius 1 is 1.21 bits per heavy atom. The molecule has 1 aromatic heterocycles. The molecule has 3 heterocycles. The Kier molecular flexibility index (Phi) is 4.06. The molecule has 0 bridgehead atoms. The minimum Gasteiger partial charge on any atom is -0.493 e. The molecule has 0 radical (unpaired) electrons. The van der Waals surface area contributed by atoms with Crippen molar-refractivity contribution in [2.75, 3.05) is 0 Å². The third kappa shape index (κ3) is 3.58. The fraction of sp³-hybridized carbons (Fsp3) is 0.190. The van der Waals surface area contributed by atoms with Crippen LogP contribution in [0.5, 0.6) is 5.88 Å². The van der Waals surface area contributed by atoms with Crippen molar-refractivity contribution in [3.05, 3.63) is 57.8 Å². The zero-order valence-corrected chi connectivity index (χ0v) is 15.3. The number of allylic oxidation sites excluding steroid dienone is 1. The molecule has 8 heteroatoms. The van der Waals surface area contributed by atoms with Crippen molar-refractivity contribution < 1.29 is 9.68 Å². The van der Waals surface area contributed by atoms with Gasteiger partial charge < -0.3 is 10.1 Å². The summed E-state index contributed by atoms with van der Waals surface area (Å²) in [6, 6.07) is 9.99. The van der Waals surface area contributed by atoms with Crippen molar-refractivity contribution >= 4 is 30.1 Å². The first-order chi connectivity index (χ1) is 14.2. The average molecular weight is 385 g/mol. The summed E-state index contributed by atoms with van der Waals surface area (Å²) >= 11 is 0. The van der Waals surface area contributed by atoms with Gasteiger partial charge in [-0.2, -0.15) is 4.58 Å². The van der Waals surface area contributed by atoms with Crippen molar-refractivity contribution in [3.8, 4) is 17.7 Å². The number of benzene rings is 1. The topological polar surface area (TPSA) is 109 Å². The maximum Gasteiger partial charge on any atom is 0.326 e. The number of nitrogens with zero attached hydrogens (tertiary/aromatic N) is 4. The fourth-order valence-corrected chi connectivity index (χ4v) is 3.06. The molecular weight excluding hydrogens is 368 g/mol. The number of imidazole rings is 1. The molecule has 1 unspecified atom stereocenters. The van der Waals surface area contributed by atoms with Crippen LogP contribution in [0, 0.1) is 11.8 Å². The number of hydrogen-bond acceptors (Lipinski definition) is 4. The smallest absolute Gasteiger partial charge is 0.326 e. The second kappa shape index (κ2) is 6.87. The van der Waals surface area contributed by atoms with Crippen LogP contribution in [-0.2, 0) is 0 Å². The van der Waals surface area contributed by atoms with Gasteiger partial charge in [0.25, 0.3) is 0 Å². The molecule has 2 aliphatic heterocycles. The molecule has 5 rings (SSSR count). The lowest BCUT2D eigenvalue weighted by atomic mass is 10.2. The molecule has 0 amide bonds. The van der Waals surface area contributed by atoms with E-state index in [0.29, 0.717) is 23.3 Å². The standard InChI is InChI=1S/C21H16N6O2/c28-20-17(25-21(29)26-20)10-16-11-22-19-18(23-14-8-9-14)24-15(12-27(16)19)7-6-13-4-2-1-3-5-13/h1-5,10-12,14,19H,8-9H2,(H2,23,24,26,28,29)/p+1/b16-10+. The summed E-state index contributed by atoms with van der Waals surface area (Å²) in [6.45, 7) is 0. The molecule has 1 saturated carbocycles. The van der Waals surface area contributed by atoms with Gasteiger partial charge in [0.05, 0.1) is 6.04 Å². The average Bonchev–Trinajstić information content (AvgIpc) is 3.36. The number of aromatic hydroxyl groups is 1. The lowest BCUT2D eigenvalue weighted by molar-refractivity contribution is -0.474. The van der Waals surface area contributed by atoms with Crippen LogP contribution in [0.4, 0.5) is 0 Å². The Morgan fingerprint density at radius 3 is 2.76 bits per heavy atom. The summed E-state index contributed by atoms with van der Waals surface area (Å²) < 4.78 is 1.90. The molecule has 2 aromatic rings. The lowest BCUT2D eigenvalue weighted by Crippen LogP contribution is -2.35. The highest BCUT2D eigenvalue weighted by atomic mass is 16.3. The molecule has 1 aromatic carbocycles. The van der Waals surface area contributed by atoms with Crippen molar-refractivity contribution in [2.45, 2.75) is 25.0 Å². The zero-order chi connectivity index (χ0) is 19.8. The number of hydrogen-bond donors (Lipinski definition) is 3. The first-order valence-electron chi connectivity index (χ1n) is 9.28. The van der Waals surface area contributed by atoms with E-state index in [1.165, 1.54) is 0 Å². The van der Waals surface area contributed by atoms with Crippen LogP contribution in [0.25, 0.3) is 6.08 Å². The minimum absolute atomic E-state index is 0.221. The van der Waals surface area contributed by atoms with E-state index < -0.39 is 5.69 Å². The second-order valence-corrected chi connectivity index (χ2v) is 6.93. The fourth-order valence-electron chi connectivity index (χ4n) is 3.06. The highest BCUT2D eigenvalue weighted by Gasteiger charge is 2.39. The van der Waals surface area contributed by atoms with Gasteiger partial charge in [-0.05, 0) is 30.9 Å². The third-order valence-electron chi connectivity index (χ3n) is 4.63. The van der Waals surface area contributed by atoms with E-state index in [1.54, 1.807) is 12.3 Å². The van der Waals surface area contributed by atoms with E-state index in [4.69, 9.17) is 4.99 Å². The number of fused-ring (bicyclic) bond motifs is 1. The summed E-state index contributed by atoms with van der Waals surface area (Å²) in [6.07, 6.45) is 6.90. The number of amidine groups is 1. The lowest BCUT2D eigenvalue weighted by Gasteiger charge is -2.10. The number of aromatic nitrogens is 2. The van der Waals surface area contributed by atoms with Gasteiger partial charge in [-0.25, -0.2) is 14.8 Å². The Balaban J connectivity index is 1.54. The first kappa shape index (κ1) is 17.1. The predicted molar refractivity (Wildman–Crippen MR) is 111 cm³/mol. The number of aromatic amines is 2. The van der Waals surface area contributed by atoms with Crippen LogP contribution < -0.4 is 5.69 Å². The molecule has 1 atom stereocenters. The maximum absolute atomic E-state index is 11.4. The van der Waals surface area contributed by atoms with Crippen LogP contribution >= 0.6 is 0 Å². The highest BCUT2D eigenvalue weighted by molar-refractivity contribution is 6.40. The Hall–Kier alpha value is -3.99. The summed E-state index contributed by atoms with van der Waals surface area (Å²) in [5.74, 6) is 6.62. The minimum atomic E-state index is -0.476. The predicted octanol–water partition coefficient (Wildman–Crippen LogP) is 1.31. The van der Waals surface area contributed by atoms with Gasteiger partial charge in [-0.3, -0.25) is 9.98 Å². The molecular formula is C21H17N6O2+. The molecule has 0 spiro atoms. The normalized spacial score (nSPS) is 22.8. The number of aliphatic imine (C=N–C) groups is 3. The van der Waals surface area contributed by atoms with Crippen LogP contribution in [0.2, 0.25) is 0 Å². The van der Waals surface area contributed by atoms with Crippen molar-refractivity contribution in [3.63, 3.8) is 0 Å². The molecule has 3 aliphatic rings. The molecule has 3 N–H and O–H groups in total. The van der Waals surface area contributed by atoms with Crippen molar-refractivity contribution in [2.24, 2.45) is 15.0 Å². The third-order valence-corrected chi connectivity index (χ3v) is 4.63. The first-order valence-corrected chi connectivity index (χ1v) is 9.28. The van der Waals surface area contributed by atoms with E-state index in [1.807, 2.05) is 41.1 Å².